The fourth-order valence-electron chi connectivity index (χ4n) is 1.87. The van der Waals surface area contributed by atoms with Crippen molar-refractivity contribution in [1.29, 1.82) is 0 Å². The maximum atomic E-state index is 12.5. The summed E-state index contributed by atoms with van der Waals surface area (Å²) in [5.41, 5.74) is 1.18. The lowest BCUT2D eigenvalue weighted by molar-refractivity contribution is 0.0729. The van der Waals surface area contributed by atoms with Gasteiger partial charge in [0.15, 0.2) is 0 Å². The SMILES string of the molecule is CNc1nnc(C(=O)N(Cc2ccsc2)C2CC2)s1. The third kappa shape index (κ3) is 2.76. The van der Waals surface area contributed by atoms with Crippen LogP contribution >= 0.6 is 22.7 Å². The summed E-state index contributed by atoms with van der Waals surface area (Å²) in [5, 5.41) is 16.1. The molecule has 0 aliphatic heterocycles. The van der Waals surface area contributed by atoms with E-state index in [4.69, 9.17) is 0 Å². The molecule has 1 saturated carbocycles. The van der Waals surface area contributed by atoms with Gasteiger partial charge >= 0.3 is 0 Å². The van der Waals surface area contributed by atoms with Crippen molar-refractivity contribution >= 4 is 33.7 Å². The molecule has 1 aliphatic carbocycles. The second-order valence-electron chi connectivity index (χ2n) is 4.46. The minimum Gasteiger partial charge on any atom is -0.363 e. The number of rotatable bonds is 5. The predicted octanol–water partition coefficient (Wildman–Crippen LogP) is 2.45. The standard InChI is InChI=1S/C12H14N4OS2/c1-13-12-15-14-10(19-12)11(17)16(9-2-3-9)6-8-4-5-18-7-8/h4-5,7,9H,2-3,6H2,1H3,(H,13,15). The Morgan fingerprint density at radius 3 is 2.95 bits per heavy atom. The molecule has 1 N–H and O–H groups in total. The van der Waals surface area contributed by atoms with Crippen molar-refractivity contribution in [2.24, 2.45) is 0 Å². The molecule has 19 heavy (non-hydrogen) atoms. The highest BCUT2D eigenvalue weighted by atomic mass is 32.1. The molecule has 0 bridgehead atoms. The van der Waals surface area contributed by atoms with Crippen LogP contribution in [0.2, 0.25) is 0 Å². The van der Waals surface area contributed by atoms with Crippen molar-refractivity contribution in [3.63, 3.8) is 0 Å². The van der Waals surface area contributed by atoms with Gasteiger partial charge in [-0.3, -0.25) is 4.79 Å². The third-order valence-corrected chi connectivity index (χ3v) is 4.66. The summed E-state index contributed by atoms with van der Waals surface area (Å²) in [7, 11) is 1.78. The van der Waals surface area contributed by atoms with Crippen LogP contribution in [0.1, 0.15) is 28.2 Å². The maximum absolute atomic E-state index is 12.5. The van der Waals surface area contributed by atoms with E-state index in [1.807, 2.05) is 10.3 Å². The minimum absolute atomic E-state index is 0.00676. The second kappa shape index (κ2) is 5.26. The van der Waals surface area contributed by atoms with E-state index in [-0.39, 0.29) is 5.91 Å². The van der Waals surface area contributed by atoms with E-state index in [1.165, 1.54) is 16.9 Å². The molecule has 7 heteroatoms. The molecular weight excluding hydrogens is 280 g/mol. The summed E-state index contributed by atoms with van der Waals surface area (Å²) >= 11 is 2.96. The first kappa shape index (κ1) is 12.6. The molecule has 1 aliphatic rings. The van der Waals surface area contributed by atoms with Gasteiger partial charge in [0.1, 0.15) is 0 Å². The van der Waals surface area contributed by atoms with Gasteiger partial charge in [-0.2, -0.15) is 11.3 Å². The molecule has 0 saturated heterocycles. The molecule has 0 aromatic carbocycles. The highest BCUT2D eigenvalue weighted by Crippen LogP contribution is 2.31. The van der Waals surface area contributed by atoms with Gasteiger partial charge in [0, 0.05) is 19.6 Å². The lowest BCUT2D eigenvalue weighted by Gasteiger charge is -2.20. The van der Waals surface area contributed by atoms with Gasteiger partial charge in [-0.1, -0.05) is 11.3 Å². The average molecular weight is 294 g/mol. The van der Waals surface area contributed by atoms with Gasteiger partial charge in [0.25, 0.3) is 5.91 Å². The number of carbonyl (C=O) groups is 1. The first-order valence-electron chi connectivity index (χ1n) is 6.11. The van der Waals surface area contributed by atoms with E-state index in [0.29, 0.717) is 22.7 Å². The Hall–Kier alpha value is -1.47. The lowest BCUT2D eigenvalue weighted by Crippen LogP contribution is -2.32. The number of thiophene rings is 1. The Morgan fingerprint density at radius 1 is 1.53 bits per heavy atom. The summed E-state index contributed by atoms with van der Waals surface area (Å²) in [5.74, 6) is -0.00676. The molecule has 100 valence electrons. The number of nitrogens with zero attached hydrogens (tertiary/aromatic N) is 3. The largest absolute Gasteiger partial charge is 0.363 e. The van der Waals surface area contributed by atoms with Gasteiger partial charge in [-0.25, -0.2) is 0 Å². The molecule has 2 aromatic heterocycles. The molecule has 0 unspecified atom stereocenters. The van der Waals surface area contributed by atoms with E-state index in [2.05, 4.69) is 27.0 Å². The van der Waals surface area contributed by atoms with E-state index in [1.54, 1.807) is 18.4 Å². The zero-order valence-electron chi connectivity index (χ0n) is 10.5. The summed E-state index contributed by atoms with van der Waals surface area (Å²) in [4.78, 5) is 14.4. The molecule has 1 fully saturated rings. The Labute approximate surface area is 119 Å². The second-order valence-corrected chi connectivity index (χ2v) is 6.22. The number of aromatic nitrogens is 2. The first-order valence-corrected chi connectivity index (χ1v) is 7.87. The molecule has 2 aromatic rings. The van der Waals surface area contributed by atoms with Crippen LogP contribution in [0.15, 0.2) is 16.8 Å². The molecule has 0 radical (unpaired) electrons. The minimum atomic E-state index is -0.00676. The summed E-state index contributed by atoms with van der Waals surface area (Å²) in [6.07, 6.45) is 2.18. The molecule has 3 rings (SSSR count). The summed E-state index contributed by atoms with van der Waals surface area (Å²) < 4.78 is 0. The Kier molecular flexibility index (Phi) is 3.48. The fraction of sp³-hybridized carbons (Fsp3) is 0.417. The molecule has 0 spiro atoms. The van der Waals surface area contributed by atoms with Gasteiger partial charge in [0.2, 0.25) is 10.1 Å². The zero-order valence-corrected chi connectivity index (χ0v) is 12.1. The molecule has 1 amide bonds. The average Bonchev–Trinajstić information content (AvgIpc) is 2.95. The number of nitrogens with one attached hydrogen (secondary N) is 1. The monoisotopic (exact) mass is 294 g/mol. The molecule has 5 nitrogen and oxygen atoms in total. The lowest BCUT2D eigenvalue weighted by atomic mass is 10.3. The van der Waals surface area contributed by atoms with Gasteiger partial charge < -0.3 is 10.2 Å². The van der Waals surface area contributed by atoms with Crippen LogP contribution in [0.4, 0.5) is 5.13 Å². The van der Waals surface area contributed by atoms with Crippen molar-refractivity contribution in [2.75, 3.05) is 12.4 Å². The van der Waals surface area contributed by atoms with E-state index >= 15 is 0 Å². The van der Waals surface area contributed by atoms with Gasteiger partial charge in [-0.15, -0.1) is 10.2 Å². The number of anilines is 1. The number of carbonyl (C=O) groups excluding carboxylic acids is 1. The van der Waals surface area contributed by atoms with Crippen LogP contribution in [0.3, 0.4) is 0 Å². The number of hydrogen-bond donors (Lipinski definition) is 1. The van der Waals surface area contributed by atoms with Gasteiger partial charge in [0.05, 0.1) is 0 Å². The van der Waals surface area contributed by atoms with Crippen molar-refractivity contribution in [3.05, 3.63) is 27.4 Å². The zero-order chi connectivity index (χ0) is 13.2. The fourth-order valence-corrected chi connectivity index (χ4v) is 3.18. The first-order chi connectivity index (χ1) is 9.28. The van der Waals surface area contributed by atoms with Gasteiger partial charge in [-0.05, 0) is 35.2 Å². The van der Waals surface area contributed by atoms with Crippen LogP contribution in [0.5, 0.6) is 0 Å². The molecule has 0 atom stereocenters. The van der Waals surface area contributed by atoms with Crippen molar-refractivity contribution in [1.82, 2.24) is 15.1 Å². The van der Waals surface area contributed by atoms with Crippen LogP contribution < -0.4 is 5.32 Å². The Bertz CT molecular complexity index is 562. The predicted molar refractivity (Wildman–Crippen MR) is 76.7 cm³/mol. The maximum Gasteiger partial charge on any atom is 0.285 e. The van der Waals surface area contributed by atoms with Crippen molar-refractivity contribution < 1.29 is 4.79 Å². The highest BCUT2D eigenvalue weighted by Gasteiger charge is 2.34. The Morgan fingerprint density at radius 2 is 2.37 bits per heavy atom. The molecular formula is C12H14N4OS2. The van der Waals surface area contributed by atoms with E-state index in [0.717, 1.165) is 12.8 Å². The van der Waals surface area contributed by atoms with Crippen LogP contribution in [-0.4, -0.2) is 34.1 Å². The van der Waals surface area contributed by atoms with Crippen molar-refractivity contribution in [2.45, 2.75) is 25.4 Å². The van der Waals surface area contributed by atoms with Crippen LogP contribution in [0.25, 0.3) is 0 Å². The Balaban J connectivity index is 1.77. The van der Waals surface area contributed by atoms with E-state index in [9.17, 15) is 4.79 Å². The summed E-state index contributed by atoms with van der Waals surface area (Å²) in [6, 6.07) is 2.43. The smallest absolute Gasteiger partial charge is 0.285 e. The van der Waals surface area contributed by atoms with Crippen LogP contribution in [-0.2, 0) is 6.54 Å². The topological polar surface area (TPSA) is 58.1 Å². The molecule has 2 heterocycles. The number of hydrogen-bond acceptors (Lipinski definition) is 6. The third-order valence-electron chi connectivity index (χ3n) is 3.00. The highest BCUT2D eigenvalue weighted by molar-refractivity contribution is 7.17. The quantitative estimate of drug-likeness (QED) is 0.920. The summed E-state index contributed by atoms with van der Waals surface area (Å²) in [6.45, 7) is 0.668. The van der Waals surface area contributed by atoms with Crippen molar-refractivity contribution in [3.8, 4) is 0 Å². The van der Waals surface area contributed by atoms with E-state index < -0.39 is 0 Å². The normalized spacial score (nSPS) is 14.4. The number of amides is 1. The van der Waals surface area contributed by atoms with Crippen LogP contribution in [0, 0.1) is 0 Å².